The van der Waals surface area contributed by atoms with Crippen LogP contribution in [-0.4, -0.2) is 40.9 Å². The number of rotatable bonds is 6. The molecule has 1 aliphatic rings. The van der Waals surface area contributed by atoms with Crippen molar-refractivity contribution < 1.29 is 0 Å². The first-order chi connectivity index (χ1) is 14.4. The first kappa shape index (κ1) is 33.2. The third-order valence-corrected chi connectivity index (χ3v) is 3.99. The van der Waals surface area contributed by atoms with Gasteiger partial charge >= 0.3 is 24.9 Å². The summed E-state index contributed by atoms with van der Waals surface area (Å²) in [6, 6.07) is 12.0. The van der Waals surface area contributed by atoms with Crippen LogP contribution in [0.3, 0.4) is 0 Å². The van der Waals surface area contributed by atoms with E-state index in [0.29, 0.717) is 5.92 Å². The SMILES string of the molecule is C=C(C)C(=C)C(CCN(C)C)C1=CC=CCC1.CC.CC.N[Se]N.c1ccccc1. The zero-order chi connectivity index (χ0) is 23.8. The van der Waals surface area contributed by atoms with Crippen LogP contribution < -0.4 is 9.50 Å². The van der Waals surface area contributed by atoms with Gasteiger partial charge in [0.25, 0.3) is 0 Å². The Balaban J connectivity index is -0.000000460. The van der Waals surface area contributed by atoms with Gasteiger partial charge in [-0.15, -0.1) is 0 Å². The van der Waals surface area contributed by atoms with Gasteiger partial charge in [0, 0.05) is 5.92 Å². The molecule has 0 aliphatic heterocycles. The van der Waals surface area contributed by atoms with Crippen LogP contribution in [0.4, 0.5) is 0 Å². The van der Waals surface area contributed by atoms with E-state index in [0.717, 1.165) is 25.0 Å². The van der Waals surface area contributed by atoms with Crippen molar-refractivity contribution in [2.75, 3.05) is 20.6 Å². The van der Waals surface area contributed by atoms with Crippen molar-refractivity contribution in [3.63, 3.8) is 0 Å². The molecule has 2 rings (SSSR count). The Labute approximate surface area is 194 Å². The summed E-state index contributed by atoms with van der Waals surface area (Å²) in [6.45, 7) is 19.4. The van der Waals surface area contributed by atoms with E-state index < -0.39 is 0 Å². The molecule has 4 heteroatoms. The number of benzene rings is 1. The van der Waals surface area contributed by atoms with Crippen LogP contribution in [0.25, 0.3) is 0 Å². The second-order valence-electron chi connectivity index (χ2n) is 6.45. The molecule has 1 aromatic carbocycles. The molecule has 0 heterocycles. The van der Waals surface area contributed by atoms with E-state index in [-0.39, 0.29) is 15.4 Å². The summed E-state index contributed by atoms with van der Waals surface area (Å²) in [7, 11) is 4.24. The maximum atomic E-state index is 4.69. The smallest absolute Gasteiger partial charge is 0.0623 e. The molecule has 1 atom stereocenters. The van der Waals surface area contributed by atoms with Gasteiger partial charge in [0.05, 0.1) is 0 Å². The molecule has 3 nitrogen and oxygen atoms in total. The Morgan fingerprint density at radius 2 is 1.43 bits per heavy atom. The largest absolute Gasteiger partial charge is 0.0623 e. The molecule has 30 heavy (non-hydrogen) atoms. The molecule has 1 aliphatic carbocycles. The van der Waals surface area contributed by atoms with Crippen molar-refractivity contribution in [2.45, 2.75) is 53.9 Å². The van der Waals surface area contributed by atoms with Crippen LogP contribution >= 0.6 is 0 Å². The summed E-state index contributed by atoms with van der Waals surface area (Å²) in [5.74, 6) is 0.472. The van der Waals surface area contributed by atoms with E-state index in [1.54, 1.807) is 0 Å². The fourth-order valence-electron chi connectivity index (χ4n) is 2.56. The Kier molecular flexibility index (Phi) is 28.4. The minimum absolute atomic E-state index is 0.125. The second-order valence-corrected chi connectivity index (χ2v) is 7.02. The van der Waals surface area contributed by atoms with Crippen molar-refractivity contribution in [1.82, 2.24) is 4.90 Å². The molecule has 1 aromatic rings. The van der Waals surface area contributed by atoms with Crippen LogP contribution in [0.1, 0.15) is 53.9 Å². The van der Waals surface area contributed by atoms with Gasteiger partial charge in [0.2, 0.25) is 0 Å². The molecule has 1 unspecified atom stereocenters. The van der Waals surface area contributed by atoms with Crippen molar-refractivity contribution in [3.8, 4) is 0 Å². The zero-order valence-corrected chi connectivity index (χ0v) is 22.2. The summed E-state index contributed by atoms with van der Waals surface area (Å²) in [6.07, 6.45) is 10.1. The van der Waals surface area contributed by atoms with Crippen molar-refractivity contribution in [2.24, 2.45) is 15.4 Å². The Morgan fingerprint density at radius 1 is 1.00 bits per heavy atom. The molecule has 0 radical (unpaired) electrons. The van der Waals surface area contributed by atoms with Gasteiger partial charge in [0.1, 0.15) is 0 Å². The zero-order valence-electron chi connectivity index (χ0n) is 20.5. The summed E-state index contributed by atoms with van der Waals surface area (Å²) < 4.78 is 9.38. The van der Waals surface area contributed by atoms with Crippen molar-refractivity contribution in [1.29, 1.82) is 0 Å². The van der Waals surface area contributed by atoms with Gasteiger partial charge < -0.3 is 4.90 Å². The van der Waals surface area contributed by atoms with Crippen LogP contribution in [0.5, 0.6) is 0 Å². The molecule has 0 aromatic heterocycles. The molecular formula is C26H47N3Se. The van der Waals surface area contributed by atoms with Crippen LogP contribution in [-0.2, 0) is 0 Å². The third kappa shape index (κ3) is 19.9. The minimum atomic E-state index is -0.125. The number of hydrogen-bond acceptors (Lipinski definition) is 3. The number of nitrogens with zero attached hydrogens (tertiary/aromatic N) is 1. The predicted molar refractivity (Wildman–Crippen MR) is 140 cm³/mol. The van der Waals surface area contributed by atoms with Gasteiger partial charge in [-0.2, -0.15) is 0 Å². The second kappa shape index (κ2) is 25.6. The molecule has 0 saturated carbocycles. The molecule has 0 amide bonds. The van der Waals surface area contributed by atoms with Crippen LogP contribution in [0.15, 0.2) is 84.5 Å². The van der Waals surface area contributed by atoms with E-state index >= 15 is 0 Å². The standard InChI is InChI=1S/C16H25N.C6H6.2C2H6.H4N2Se/c1-13(2)14(3)16(11-12-17(4)5)15-9-7-6-8-10-15;1-2-4-6-5-3-1;2*1-2;1-3-2/h6-7,9,16H,1,3,8,10-12H2,2,4-5H3;1-6H;2*1-2H3;1-2H2. The first-order valence-electron chi connectivity index (χ1n) is 10.8. The third-order valence-electron chi connectivity index (χ3n) is 3.99. The molecule has 0 spiro atoms. The molecule has 4 N–H and O–H groups in total. The molecule has 0 bridgehead atoms. The minimum Gasteiger partial charge on any atom is -0.0623 e. The van der Waals surface area contributed by atoms with E-state index in [9.17, 15) is 0 Å². The maximum Gasteiger partial charge on any atom is -0.0623 e. The van der Waals surface area contributed by atoms with Gasteiger partial charge in [-0.3, -0.25) is 0 Å². The Hall–Kier alpha value is -1.42. The van der Waals surface area contributed by atoms with E-state index in [2.05, 4.69) is 66.8 Å². The average Bonchev–Trinajstić information content (AvgIpc) is 2.79. The topological polar surface area (TPSA) is 55.3 Å². The molecule has 172 valence electrons. The van der Waals surface area contributed by atoms with Crippen molar-refractivity contribution >= 4 is 15.4 Å². The van der Waals surface area contributed by atoms with Gasteiger partial charge in [-0.25, -0.2) is 0 Å². The summed E-state index contributed by atoms with van der Waals surface area (Å²) in [4.78, 5) is 2.23. The average molecular weight is 481 g/mol. The monoisotopic (exact) mass is 481 g/mol. The Morgan fingerprint density at radius 3 is 1.73 bits per heavy atom. The van der Waals surface area contributed by atoms with Gasteiger partial charge in [-0.1, -0.05) is 107 Å². The van der Waals surface area contributed by atoms with Gasteiger partial charge in [0.15, 0.2) is 0 Å². The summed E-state index contributed by atoms with van der Waals surface area (Å²) in [5, 5.41) is 0. The Bertz CT molecular complexity index is 536. The normalized spacial score (nSPS) is 12.1. The fraction of sp³-hybridized carbons (Fsp3) is 0.462. The number of nitrogens with two attached hydrogens (primary N) is 2. The summed E-state index contributed by atoms with van der Waals surface area (Å²) in [5.41, 5.74) is 3.83. The molecule has 0 fully saturated rings. The predicted octanol–water partition coefficient (Wildman–Crippen LogP) is 6.14. The fourth-order valence-corrected chi connectivity index (χ4v) is 2.56. The number of allylic oxidation sites excluding steroid dienone is 6. The first-order valence-corrected chi connectivity index (χ1v) is 12.8. The van der Waals surface area contributed by atoms with Gasteiger partial charge in [-0.05, 0) is 52.4 Å². The van der Waals surface area contributed by atoms with E-state index in [1.807, 2.05) is 64.1 Å². The molecule has 0 saturated heterocycles. The maximum absolute atomic E-state index is 4.69. The van der Waals surface area contributed by atoms with Crippen LogP contribution in [0.2, 0.25) is 0 Å². The number of hydrogen-bond donors (Lipinski definition) is 2. The van der Waals surface area contributed by atoms with Crippen LogP contribution in [0, 0.1) is 5.92 Å². The quantitative estimate of drug-likeness (QED) is 0.380. The molecular weight excluding hydrogens is 433 g/mol. The summed E-state index contributed by atoms with van der Waals surface area (Å²) >= 11 is -0.125. The van der Waals surface area contributed by atoms with E-state index in [4.69, 9.17) is 0 Å². The van der Waals surface area contributed by atoms with E-state index in [1.165, 1.54) is 17.6 Å². The van der Waals surface area contributed by atoms with Crippen molar-refractivity contribution in [3.05, 3.63) is 84.5 Å².